The van der Waals surface area contributed by atoms with Crippen molar-refractivity contribution in [1.82, 2.24) is 5.43 Å². The third-order valence-electron chi connectivity index (χ3n) is 2.89. The molecule has 0 radical (unpaired) electrons. The van der Waals surface area contributed by atoms with Gasteiger partial charge in [-0.25, -0.2) is 0 Å². The molecular formula is C13H19F3N2O2. The number of hydrazine groups is 1. The fourth-order valence-corrected chi connectivity index (χ4v) is 2.08. The van der Waals surface area contributed by atoms with Gasteiger partial charge in [0.15, 0.2) is 0 Å². The molecule has 1 rings (SSSR count). The largest absolute Gasteiger partial charge is 0.573 e. The van der Waals surface area contributed by atoms with E-state index in [1.807, 2.05) is 13.8 Å². The van der Waals surface area contributed by atoms with E-state index in [0.29, 0.717) is 5.56 Å². The number of halogens is 3. The molecule has 0 bridgehead atoms. The van der Waals surface area contributed by atoms with Gasteiger partial charge in [-0.15, -0.1) is 13.2 Å². The number of hydrogen-bond donors (Lipinski definition) is 2. The van der Waals surface area contributed by atoms with Crippen LogP contribution >= 0.6 is 0 Å². The van der Waals surface area contributed by atoms with E-state index in [4.69, 9.17) is 10.6 Å². The number of ether oxygens (including phenoxy) is 2. The molecular weight excluding hydrogens is 273 g/mol. The second-order valence-electron chi connectivity index (χ2n) is 4.71. The lowest BCUT2D eigenvalue weighted by molar-refractivity contribution is -0.274. The Bertz CT molecular complexity index is 424. The summed E-state index contributed by atoms with van der Waals surface area (Å²) in [6.07, 6.45) is -5.00. The first-order chi connectivity index (χ1) is 9.28. The first kappa shape index (κ1) is 16.7. The van der Waals surface area contributed by atoms with E-state index < -0.39 is 12.4 Å². The maximum Gasteiger partial charge on any atom is 0.573 e. The highest BCUT2D eigenvalue weighted by atomic mass is 19.4. The van der Waals surface area contributed by atoms with Gasteiger partial charge in [0.1, 0.15) is 5.75 Å². The van der Waals surface area contributed by atoms with E-state index in [1.165, 1.54) is 25.3 Å². The van der Waals surface area contributed by atoms with Crippen LogP contribution in [0.2, 0.25) is 0 Å². The van der Waals surface area contributed by atoms with Gasteiger partial charge in [-0.05, 0) is 23.6 Å². The number of nitrogens with one attached hydrogen (secondary N) is 1. The summed E-state index contributed by atoms with van der Waals surface area (Å²) < 4.78 is 45.9. The Morgan fingerprint density at radius 1 is 1.25 bits per heavy atom. The van der Waals surface area contributed by atoms with E-state index in [9.17, 15) is 13.2 Å². The molecule has 0 heterocycles. The molecule has 1 aromatic carbocycles. The summed E-state index contributed by atoms with van der Waals surface area (Å²) in [5.41, 5.74) is 3.14. The van der Waals surface area contributed by atoms with Crippen LogP contribution in [0.3, 0.4) is 0 Å². The average Bonchev–Trinajstić information content (AvgIpc) is 2.33. The number of methoxy groups -OCH3 is 1. The highest BCUT2D eigenvalue weighted by molar-refractivity contribution is 5.31. The summed E-state index contributed by atoms with van der Waals surface area (Å²) in [6, 6.07) is 5.25. The summed E-state index contributed by atoms with van der Waals surface area (Å²) >= 11 is 0. The van der Waals surface area contributed by atoms with Crippen LogP contribution in [0, 0.1) is 5.92 Å². The van der Waals surface area contributed by atoms with Crippen molar-refractivity contribution in [1.29, 1.82) is 0 Å². The van der Waals surface area contributed by atoms with Crippen LogP contribution < -0.4 is 16.0 Å². The van der Waals surface area contributed by atoms with E-state index in [-0.39, 0.29) is 17.8 Å². The Kier molecular flexibility index (Phi) is 5.79. The summed E-state index contributed by atoms with van der Waals surface area (Å²) in [5, 5.41) is 0. The van der Waals surface area contributed by atoms with Crippen molar-refractivity contribution in [2.75, 3.05) is 7.11 Å². The van der Waals surface area contributed by atoms with Gasteiger partial charge in [0.25, 0.3) is 0 Å². The van der Waals surface area contributed by atoms with Gasteiger partial charge in [-0.1, -0.05) is 26.0 Å². The SMILES string of the molecule is COC(C(C)C)C(NN)c1cccc(OC(F)(F)F)c1. The maximum atomic E-state index is 12.2. The molecule has 3 N–H and O–H groups in total. The molecule has 2 unspecified atom stereocenters. The lowest BCUT2D eigenvalue weighted by atomic mass is 9.94. The quantitative estimate of drug-likeness (QED) is 0.625. The van der Waals surface area contributed by atoms with Gasteiger partial charge in [-0.3, -0.25) is 11.3 Å². The molecule has 1 aromatic rings. The van der Waals surface area contributed by atoms with Crippen molar-refractivity contribution in [3.8, 4) is 5.75 Å². The fourth-order valence-electron chi connectivity index (χ4n) is 2.08. The van der Waals surface area contributed by atoms with Gasteiger partial charge >= 0.3 is 6.36 Å². The third-order valence-corrected chi connectivity index (χ3v) is 2.89. The summed E-state index contributed by atoms with van der Waals surface area (Å²) in [4.78, 5) is 0. The van der Waals surface area contributed by atoms with Gasteiger partial charge in [0.05, 0.1) is 12.1 Å². The molecule has 0 saturated carbocycles. The second-order valence-corrected chi connectivity index (χ2v) is 4.71. The van der Waals surface area contributed by atoms with Crippen LogP contribution in [0.4, 0.5) is 13.2 Å². The number of hydrogen-bond acceptors (Lipinski definition) is 4. The number of alkyl halides is 3. The van der Waals surface area contributed by atoms with Crippen LogP contribution in [-0.4, -0.2) is 19.6 Å². The molecule has 0 spiro atoms. The zero-order valence-electron chi connectivity index (χ0n) is 11.6. The molecule has 0 aromatic heterocycles. The molecule has 4 nitrogen and oxygen atoms in total. The predicted octanol–water partition coefficient (Wildman–Crippen LogP) is 2.76. The van der Waals surface area contributed by atoms with Crippen LogP contribution in [0.5, 0.6) is 5.75 Å². The van der Waals surface area contributed by atoms with Crippen LogP contribution in [0.15, 0.2) is 24.3 Å². The molecule has 20 heavy (non-hydrogen) atoms. The van der Waals surface area contributed by atoms with Crippen molar-refractivity contribution >= 4 is 0 Å². The van der Waals surface area contributed by atoms with Crippen molar-refractivity contribution in [2.24, 2.45) is 11.8 Å². The van der Waals surface area contributed by atoms with Crippen molar-refractivity contribution in [2.45, 2.75) is 32.4 Å². The molecule has 0 amide bonds. The molecule has 0 aliphatic heterocycles. The highest BCUT2D eigenvalue weighted by Gasteiger charge is 2.32. The normalized spacial score (nSPS) is 15.2. The second kappa shape index (κ2) is 6.92. The molecule has 0 aliphatic carbocycles. The van der Waals surface area contributed by atoms with Gasteiger partial charge in [0, 0.05) is 7.11 Å². The monoisotopic (exact) mass is 292 g/mol. The molecule has 114 valence electrons. The van der Waals surface area contributed by atoms with Crippen molar-refractivity contribution < 1.29 is 22.6 Å². The highest BCUT2D eigenvalue weighted by Crippen LogP contribution is 2.29. The van der Waals surface area contributed by atoms with E-state index in [1.54, 1.807) is 6.07 Å². The molecule has 2 atom stereocenters. The van der Waals surface area contributed by atoms with Gasteiger partial charge in [0.2, 0.25) is 0 Å². The Hall–Kier alpha value is -1.31. The van der Waals surface area contributed by atoms with Crippen molar-refractivity contribution in [3.63, 3.8) is 0 Å². The van der Waals surface area contributed by atoms with Gasteiger partial charge in [-0.2, -0.15) is 0 Å². The lowest BCUT2D eigenvalue weighted by Gasteiger charge is -2.29. The van der Waals surface area contributed by atoms with Crippen molar-refractivity contribution in [3.05, 3.63) is 29.8 Å². The minimum Gasteiger partial charge on any atom is -0.406 e. The van der Waals surface area contributed by atoms with Crippen LogP contribution in [-0.2, 0) is 4.74 Å². The number of nitrogens with two attached hydrogens (primary N) is 1. The Balaban J connectivity index is 3.01. The molecule has 0 saturated heterocycles. The summed E-state index contributed by atoms with van der Waals surface area (Å²) in [6.45, 7) is 3.88. The minimum absolute atomic E-state index is 0.133. The first-order valence-corrected chi connectivity index (χ1v) is 6.13. The predicted molar refractivity (Wildman–Crippen MR) is 68.8 cm³/mol. The summed E-state index contributed by atoms with van der Waals surface area (Å²) in [5.74, 6) is 5.35. The molecule has 0 fully saturated rings. The van der Waals surface area contributed by atoms with Crippen LogP contribution in [0.25, 0.3) is 0 Å². The van der Waals surface area contributed by atoms with E-state index in [0.717, 1.165) is 0 Å². The molecule has 7 heteroatoms. The number of benzene rings is 1. The Morgan fingerprint density at radius 3 is 2.35 bits per heavy atom. The topological polar surface area (TPSA) is 56.5 Å². The molecule has 0 aliphatic rings. The smallest absolute Gasteiger partial charge is 0.406 e. The maximum absolute atomic E-state index is 12.2. The van der Waals surface area contributed by atoms with Crippen LogP contribution in [0.1, 0.15) is 25.5 Å². The Morgan fingerprint density at radius 2 is 1.90 bits per heavy atom. The Labute approximate surface area is 116 Å². The first-order valence-electron chi connectivity index (χ1n) is 6.13. The lowest BCUT2D eigenvalue weighted by Crippen LogP contribution is -2.40. The zero-order chi connectivity index (χ0) is 15.3. The van der Waals surface area contributed by atoms with Gasteiger partial charge < -0.3 is 9.47 Å². The van der Waals surface area contributed by atoms with E-state index in [2.05, 4.69) is 10.2 Å². The zero-order valence-corrected chi connectivity index (χ0v) is 11.6. The fraction of sp³-hybridized carbons (Fsp3) is 0.538. The van der Waals surface area contributed by atoms with E-state index >= 15 is 0 Å². The summed E-state index contributed by atoms with van der Waals surface area (Å²) in [7, 11) is 1.53. The standard InChI is InChI=1S/C13H19F3N2O2/c1-8(2)12(19-3)11(18-17)9-5-4-6-10(7-9)20-13(14,15)16/h4-8,11-12,18H,17H2,1-3H3. The third kappa shape index (κ3) is 4.66. The average molecular weight is 292 g/mol. The number of rotatable bonds is 6. The minimum atomic E-state index is -4.72.